The normalized spacial score (nSPS) is 11.2. The first-order chi connectivity index (χ1) is 12.8. The number of halogens is 2. The third-order valence-electron chi connectivity index (χ3n) is 3.92. The number of carbonyl (C=O) groups is 1. The molecule has 7 heteroatoms. The van der Waals surface area contributed by atoms with Gasteiger partial charge in [-0.2, -0.15) is 0 Å². The van der Waals surface area contributed by atoms with Gasteiger partial charge in [-0.3, -0.25) is 4.79 Å². The zero-order chi connectivity index (χ0) is 19.6. The van der Waals surface area contributed by atoms with Crippen LogP contribution in [0.4, 0.5) is 14.5 Å². The van der Waals surface area contributed by atoms with Crippen LogP contribution in [0.1, 0.15) is 10.4 Å². The van der Waals surface area contributed by atoms with Gasteiger partial charge in [-0.05, 0) is 35.9 Å². The van der Waals surface area contributed by atoms with E-state index in [1.54, 1.807) is 30.3 Å². The highest BCUT2D eigenvalue weighted by Crippen LogP contribution is 2.31. The fraction of sp³-hybridized carbons (Fsp3) is 0.0500. The average molecular weight is 387 g/mol. The Morgan fingerprint density at radius 3 is 2.15 bits per heavy atom. The van der Waals surface area contributed by atoms with Gasteiger partial charge in [-0.15, -0.1) is 0 Å². The molecule has 27 heavy (non-hydrogen) atoms. The predicted molar refractivity (Wildman–Crippen MR) is 99.3 cm³/mol. The van der Waals surface area contributed by atoms with Crippen molar-refractivity contribution in [1.82, 2.24) is 0 Å². The van der Waals surface area contributed by atoms with Gasteiger partial charge in [0, 0.05) is 23.4 Å². The lowest BCUT2D eigenvalue weighted by Crippen LogP contribution is -2.14. The molecule has 3 aromatic carbocycles. The second kappa shape index (κ2) is 7.28. The molecule has 0 saturated heterocycles. The maximum Gasteiger partial charge on any atom is 0.255 e. The van der Waals surface area contributed by atoms with Gasteiger partial charge in [-0.25, -0.2) is 17.2 Å². The van der Waals surface area contributed by atoms with Crippen LogP contribution in [0.5, 0.6) is 0 Å². The minimum absolute atomic E-state index is 0.0667. The highest BCUT2D eigenvalue weighted by atomic mass is 32.2. The molecule has 1 N–H and O–H groups in total. The maximum absolute atomic E-state index is 14.4. The molecule has 0 heterocycles. The first-order valence-corrected chi connectivity index (χ1v) is 9.81. The van der Waals surface area contributed by atoms with E-state index in [0.29, 0.717) is 11.6 Å². The van der Waals surface area contributed by atoms with Crippen LogP contribution < -0.4 is 5.32 Å². The van der Waals surface area contributed by atoms with Gasteiger partial charge in [0.05, 0.1) is 10.6 Å². The minimum atomic E-state index is -3.39. The lowest BCUT2D eigenvalue weighted by atomic mass is 10.0. The predicted octanol–water partition coefficient (Wildman–Crippen LogP) is 4.29. The number of amides is 1. The van der Waals surface area contributed by atoms with Crippen molar-refractivity contribution < 1.29 is 22.0 Å². The van der Waals surface area contributed by atoms with Gasteiger partial charge in [0.25, 0.3) is 5.91 Å². The Labute approximate surface area is 155 Å². The Bertz CT molecular complexity index is 1100. The summed E-state index contributed by atoms with van der Waals surface area (Å²) in [6.45, 7) is 0. The topological polar surface area (TPSA) is 63.2 Å². The van der Waals surface area contributed by atoms with E-state index in [1.165, 1.54) is 24.3 Å². The fourth-order valence-corrected chi connectivity index (χ4v) is 3.22. The molecule has 0 fully saturated rings. The van der Waals surface area contributed by atoms with Crippen LogP contribution in [0.3, 0.4) is 0 Å². The monoisotopic (exact) mass is 387 g/mol. The molecular weight excluding hydrogens is 372 g/mol. The average Bonchev–Trinajstić information content (AvgIpc) is 2.63. The largest absolute Gasteiger partial charge is 0.319 e. The SMILES string of the molecule is CS(=O)(=O)c1ccc(C(=O)Nc2c(F)cc(F)cc2-c2ccccc2)cc1. The summed E-state index contributed by atoms with van der Waals surface area (Å²) in [6.07, 6.45) is 1.06. The highest BCUT2D eigenvalue weighted by molar-refractivity contribution is 7.90. The lowest BCUT2D eigenvalue weighted by Gasteiger charge is -2.13. The summed E-state index contributed by atoms with van der Waals surface area (Å²) in [5, 5.41) is 2.45. The van der Waals surface area contributed by atoms with E-state index in [-0.39, 0.29) is 21.7 Å². The zero-order valence-electron chi connectivity index (χ0n) is 14.2. The van der Waals surface area contributed by atoms with Gasteiger partial charge < -0.3 is 5.32 Å². The van der Waals surface area contributed by atoms with Crippen LogP contribution in [-0.2, 0) is 9.84 Å². The van der Waals surface area contributed by atoms with Crippen molar-refractivity contribution in [2.45, 2.75) is 4.90 Å². The Balaban J connectivity index is 1.97. The number of nitrogens with one attached hydrogen (secondary N) is 1. The van der Waals surface area contributed by atoms with Gasteiger partial charge >= 0.3 is 0 Å². The van der Waals surface area contributed by atoms with Crippen molar-refractivity contribution in [3.8, 4) is 11.1 Å². The van der Waals surface area contributed by atoms with Crippen molar-refractivity contribution in [1.29, 1.82) is 0 Å². The molecule has 0 aliphatic heterocycles. The smallest absolute Gasteiger partial charge is 0.255 e. The summed E-state index contributed by atoms with van der Waals surface area (Å²) < 4.78 is 51.1. The van der Waals surface area contributed by atoms with Crippen molar-refractivity contribution in [2.24, 2.45) is 0 Å². The van der Waals surface area contributed by atoms with Crippen molar-refractivity contribution >= 4 is 21.4 Å². The Morgan fingerprint density at radius 1 is 0.926 bits per heavy atom. The Kier molecular flexibility index (Phi) is 5.05. The fourth-order valence-electron chi connectivity index (χ4n) is 2.59. The quantitative estimate of drug-likeness (QED) is 0.727. The Hall–Kier alpha value is -3.06. The summed E-state index contributed by atoms with van der Waals surface area (Å²) in [6, 6.07) is 15.6. The number of hydrogen-bond acceptors (Lipinski definition) is 3. The standard InChI is InChI=1S/C20H15F2NO3S/c1-27(25,26)16-9-7-14(8-10-16)20(24)23-19-17(11-15(21)12-18(19)22)13-5-3-2-4-6-13/h2-12H,1H3,(H,23,24). The molecule has 138 valence electrons. The molecule has 0 aliphatic rings. The number of sulfone groups is 1. The number of hydrogen-bond donors (Lipinski definition) is 1. The van der Waals surface area contributed by atoms with E-state index in [9.17, 15) is 22.0 Å². The van der Waals surface area contributed by atoms with Crippen LogP contribution in [0, 0.1) is 11.6 Å². The second-order valence-corrected chi connectivity index (χ2v) is 7.94. The van der Waals surface area contributed by atoms with Crippen LogP contribution in [0.15, 0.2) is 71.6 Å². The summed E-state index contributed by atoms with van der Waals surface area (Å²) in [4.78, 5) is 12.5. The summed E-state index contributed by atoms with van der Waals surface area (Å²) >= 11 is 0. The van der Waals surface area contributed by atoms with Crippen LogP contribution in [-0.4, -0.2) is 20.6 Å². The highest BCUT2D eigenvalue weighted by Gasteiger charge is 2.17. The van der Waals surface area contributed by atoms with E-state index < -0.39 is 27.4 Å². The van der Waals surface area contributed by atoms with Crippen molar-refractivity contribution in [3.63, 3.8) is 0 Å². The van der Waals surface area contributed by atoms with Crippen LogP contribution in [0.25, 0.3) is 11.1 Å². The number of rotatable bonds is 4. The molecule has 0 radical (unpaired) electrons. The molecule has 4 nitrogen and oxygen atoms in total. The second-order valence-electron chi connectivity index (χ2n) is 5.93. The number of anilines is 1. The molecule has 0 bridgehead atoms. The van der Waals surface area contributed by atoms with E-state index in [4.69, 9.17) is 0 Å². The Morgan fingerprint density at radius 2 is 1.56 bits per heavy atom. The third-order valence-corrected chi connectivity index (χ3v) is 5.05. The van der Waals surface area contributed by atoms with Crippen molar-refractivity contribution in [2.75, 3.05) is 11.6 Å². The molecule has 0 atom stereocenters. The van der Waals surface area contributed by atoms with E-state index >= 15 is 0 Å². The van der Waals surface area contributed by atoms with E-state index in [2.05, 4.69) is 5.32 Å². The summed E-state index contributed by atoms with van der Waals surface area (Å²) in [5.74, 6) is -2.31. The molecule has 3 aromatic rings. The maximum atomic E-state index is 14.4. The first-order valence-electron chi connectivity index (χ1n) is 7.91. The van der Waals surface area contributed by atoms with Gasteiger partial charge in [0.2, 0.25) is 0 Å². The molecule has 3 rings (SSSR count). The summed E-state index contributed by atoms with van der Waals surface area (Å²) in [5.41, 5.74) is 0.734. The van der Waals surface area contributed by atoms with Gasteiger partial charge in [0.1, 0.15) is 11.6 Å². The molecule has 0 spiro atoms. The van der Waals surface area contributed by atoms with Gasteiger partial charge in [0.15, 0.2) is 9.84 Å². The summed E-state index contributed by atoms with van der Waals surface area (Å²) in [7, 11) is -3.39. The lowest BCUT2D eigenvalue weighted by molar-refractivity contribution is 0.102. The molecular formula is C20H15F2NO3S. The van der Waals surface area contributed by atoms with Crippen LogP contribution >= 0.6 is 0 Å². The van der Waals surface area contributed by atoms with Crippen molar-refractivity contribution in [3.05, 3.63) is 83.9 Å². The molecule has 0 aliphatic carbocycles. The van der Waals surface area contributed by atoms with E-state index in [0.717, 1.165) is 12.3 Å². The molecule has 0 aromatic heterocycles. The minimum Gasteiger partial charge on any atom is -0.319 e. The van der Waals surface area contributed by atoms with Gasteiger partial charge in [-0.1, -0.05) is 30.3 Å². The van der Waals surface area contributed by atoms with E-state index in [1.807, 2.05) is 0 Å². The zero-order valence-corrected chi connectivity index (χ0v) is 15.1. The molecule has 0 unspecified atom stereocenters. The number of benzene rings is 3. The first kappa shape index (κ1) is 18.7. The number of carbonyl (C=O) groups excluding carboxylic acids is 1. The third kappa shape index (κ3) is 4.20. The molecule has 1 amide bonds. The van der Waals surface area contributed by atoms with Crippen LogP contribution in [0.2, 0.25) is 0 Å². The molecule has 0 saturated carbocycles.